The first-order valence-corrected chi connectivity index (χ1v) is 7.21. The zero-order chi connectivity index (χ0) is 16.0. The second-order valence-electron chi connectivity index (χ2n) is 5.59. The molecule has 1 atom stereocenters. The Bertz CT molecular complexity index is 678. The third-order valence-corrected chi connectivity index (χ3v) is 4.17. The van der Waals surface area contributed by atoms with Crippen molar-refractivity contribution in [1.82, 2.24) is 14.4 Å². The molecule has 0 aromatic carbocycles. The van der Waals surface area contributed by atoms with E-state index < -0.39 is 6.04 Å². The predicted molar refractivity (Wildman–Crippen MR) is 77.9 cm³/mol. The van der Waals surface area contributed by atoms with E-state index in [2.05, 4.69) is 9.56 Å². The molecule has 1 aromatic rings. The maximum Gasteiger partial charge on any atom is 0.401 e. The number of carbonyl (C=O) groups excluding carboxylic acids is 2. The Labute approximate surface area is 128 Å². The van der Waals surface area contributed by atoms with Gasteiger partial charge in [-0.25, -0.2) is 13.9 Å². The molecule has 0 aliphatic carbocycles. The molecule has 1 unspecified atom stereocenters. The van der Waals surface area contributed by atoms with Gasteiger partial charge in [0.1, 0.15) is 11.9 Å². The summed E-state index contributed by atoms with van der Waals surface area (Å²) in [6, 6.07) is -0.904. The molecule has 118 valence electrons. The summed E-state index contributed by atoms with van der Waals surface area (Å²) in [5.41, 5.74) is 1.03. The number of methoxy groups -OCH3 is 1. The van der Waals surface area contributed by atoms with E-state index in [1.807, 2.05) is 17.7 Å². The van der Waals surface area contributed by atoms with Gasteiger partial charge in [0.2, 0.25) is 11.9 Å². The van der Waals surface area contributed by atoms with Crippen LogP contribution in [0.5, 0.6) is 0 Å². The zero-order valence-corrected chi connectivity index (χ0v) is 13.2. The summed E-state index contributed by atoms with van der Waals surface area (Å²) in [7, 11) is 4.82. The molecule has 8 nitrogen and oxygen atoms in total. The van der Waals surface area contributed by atoms with Crippen LogP contribution in [0, 0.1) is 6.92 Å². The minimum atomic E-state index is -0.551. The van der Waals surface area contributed by atoms with Crippen LogP contribution < -0.4 is 4.57 Å². The van der Waals surface area contributed by atoms with Crippen molar-refractivity contribution < 1.29 is 18.9 Å². The van der Waals surface area contributed by atoms with Gasteiger partial charge in [0.05, 0.1) is 6.54 Å². The number of rotatable bonds is 4. The SMILES string of the molecule is COCCCn1c(C)c[n+]2c1N=C1C2C(=O)N(C)C(=O)N1C. The van der Waals surface area contributed by atoms with Crippen LogP contribution in [0.1, 0.15) is 18.2 Å². The number of urea groups is 1. The lowest BCUT2D eigenvalue weighted by atomic mass is 10.2. The highest BCUT2D eigenvalue weighted by Gasteiger charge is 2.51. The van der Waals surface area contributed by atoms with Gasteiger partial charge in [-0.2, -0.15) is 0 Å². The van der Waals surface area contributed by atoms with Gasteiger partial charge >= 0.3 is 12.0 Å². The van der Waals surface area contributed by atoms with E-state index in [1.165, 1.54) is 11.9 Å². The molecule has 3 heterocycles. The average molecular weight is 306 g/mol. The molecule has 2 aliphatic rings. The van der Waals surface area contributed by atoms with Crippen molar-refractivity contribution >= 4 is 23.7 Å². The summed E-state index contributed by atoms with van der Waals surface area (Å²) in [5.74, 6) is 0.945. The van der Waals surface area contributed by atoms with Crippen LogP contribution in [-0.2, 0) is 16.1 Å². The smallest absolute Gasteiger partial charge is 0.385 e. The Morgan fingerprint density at radius 1 is 1.32 bits per heavy atom. The topological polar surface area (TPSA) is 71.0 Å². The highest BCUT2D eigenvalue weighted by molar-refractivity contribution is 6.18. The highest BCUT2D eigenvalue weighted by atomic mass is 16.5. The van der Waals surface area contributed by atoms with Crippen LogP contribution in [0.25, 0.3) is 0 Å². The second kappa shape index (κ2) is 5.20. The van der Waals surface area contributed by atoms with E-state index in [-0.39, 0.29) is 11.9 Å². The Hall–Kier alpha value is -2.22. The fourth-order valence-corrected chi connectivity index (χ4v) is 2.95. The summed E-state index contributed by atoms with van der Waals surface area (Å²) in [5, 5.41) is 0. The van der Waals surface area contributed by atoms with Crippen molar-refractivity contribution in [1.29, 1.82) is 0 Å². The lowest BCUT2D eigenvalue weighted by molar-refractivity contribution is -0.677. The number of imidazole rings is 1. The van der Waals surface area contributed by atoms with Gasteiger partial charge < -0.3 is 4.74 Å². The summed E-state index contributed by atoms with van der Waals surface area (Å²) < 4.78 is 8.98. The number of amides is 3. The highest BCUT2D eigenvalue weighted by Crippen LogP contribution is 2.28. The molecule has 1 saturated heterocycles. The molecule has 3 amide bonds. The number of aryl methyl sites for hydroxylation is 1. The van der Waals surface area contributed by atoms with Gasteiger partial charge in [0.25, 0.3) is 5.91 Å². The summed E-state index contributed by atoms with van der Waals surface area (Å²) in [6.07, 6.45) is 2.77. The molecular weight excluding hydrogens is 286 g/mol. The molecule has 3 rings (SSSR count). The summed E-state index contributed by atoms with van der Waals surface area (Å²) >= 11 is 0. The van der Waals surface area contributed by atoms with Crippen LogP contribution in [0.3, 0.4) is 0 Å². The van der Waals surface area contributed by atoms with Gasteiger partial charge in [-0.15, -0.1) is 0 Å². The van der Waals surface area contributed by atoms with Crippen molar-refractivity contribution in [3.8, 4) is 0 Å². The standard InChI is InChI=1S/C14H20N5O3/c1-9-8-19-10-11(16(2)14(21)17(3)12(10)20)15-13(19)18(9)6-5-7-22-4/h8,10H,5-7H2,1-4H3/q+1. The molecule has 0 saturated carbocycles. The molecule has 22 heavy (non-hydrogen) atoms. The molecule has 1 aromatic heterocycles. The first kappa shape index (κ1) is 14.7. The third-order valence-electron chi connectivity index (χ3n) is 4.17. The fourth-order valence-electron chi connectivity index (χ4n) is 2.95. The zero-order valence-electron chi connectivity index (χ0n) is 13.2. The summed E-state index contributed by atoms with van der Waals surface area (Å²) in [4.78, 5) is 31.6. The van der Waals surface area contributed by atoms with Crippen LogP contribution in [0.4, 0.5) is 10.7 Å². The number of ether oxygens (including phenoxy) is 1. The van der Waals surface area contributed by atoms with Crippen LogP contribution in [0.15, 0.2) is 11.2 Å². The van der Waals surface area contributed by atoms with Gasteiger partial charge in [0, 0.05) is 34.2 Å². The molecule has 0 radical (unpaired) electrons. The van der Waals surface area contributed by atoms with Gasteiger partial charge in [-0.3, -0.25) is 14.6 Å². The maximum absolute atomic E-state index is 12.5. The number of hydrogen-bond donors (Lipinski definition) is 0. The van der Waals surface area contributed by atoms with Gasteiger partial charge in [-0.05, 0) is 6.92 Å². The van der Waals surface area contributed by atoms with E-state index in [0.717, 1.165) is 23.6 Å². The van der Waals surface area contributed by atoms with Crippen LogP contribution in [0.2, 0.25) is 0 Å². The van der Waals surface area contributed by atoms with E-state index in [9.17, 15) is 9.59 Å². The number of nitrogens with zero attached hydrogens (tertiary/aromatic N) is 5. The van der Waals surface area contributed by atoms with Gasteiger partial charge in [0.15, 0.2) is 0 Å². The van der Waals surface area contributed by atoms with Crippen LogP contribution in [-0.4, -0.2) is 60.0 Å². The maximum atomic E-state index is 12.5. The minimum absolute atomic E-state index is 0.250. The third kappa shape index (κ3) is 1.94. The number of fused-ring (bicyclic) bond motifs is 3. The average Bonchev–Trinajstić information content (AvgIpc) is 2.99. The Morgan fingerprint density at radius 2 is 2.05 bits per heavy atom. The normalized spacial score (nSPS) is 20.4. The molecular formula is C14H20N5O3+. The van der Waals surface area contributed by atoms with Crippen molar-refractivity contribution in [2.45, 2.75) is 25.9 Å². The van der Waals surface area contributed by atoms with E-state index in [0.29, 0.717) is 18.4 Å². The second-order valence-corrected chi connectivity index (χ2v) is 5.59. The molecule has 2 aliphatic heterocycles. The molecule has 1 fully saturated rings. The quantitative estimate of drug-likeness (QED) is 0.590. The number of aliphatic imine (C=N–C) groups is 1. The molecule has 0 spiro atoms. The van der Waals surface area contributed by atoms with E-state index >= 15 is 0 Å². The summed E-state index contributed by atoms with van der Waals surface area (Å²) in [6.45, 7) is 3.41. The Morgan fingerprint density at radius 3 is 2.73 bits per heavy atom. The molecule has 8 heteroatoms. The number of hydrogen-bond acceptors (Lipinski definition) is 4. The number of imide groups is 1. The van der Waals surface area contributed by atoms with Gasteiger partial charge in [-0.1, -0.05) is 4.99 Å². The first-order valence-electron chi connectivity index (χ1n) is 7.21. The fraction of sp³-hybridized carbons (Fsp3) is 0.571. The first-order chi connectivity index (χ1) is 10.5. The molecule has 0 bridgehead atoms. The Balaban J connectivity index is 2.00. The van der Waals surface area contributed by atoms with Crippen molar-refractivity contribution in [2.24, 2.45) is 4.99 Å². The monoisotopic (exact) mass is 306 g/mol. The van der Waals surface area contributed by atoms with Crippen molar-refractivity contribution in [3.63, 3.8) is 0 Å². The van der Waals surface area contributed by atoms with Crippen LogP contribution >= 0.6 is 0 Å². The van der Waals surface area contributed by atoms with Crippen molar-refractivity contribution in [2.75, 3.05) is 27.8 Å². The number of aromatic nitrogens is 2. The van der Waals surface area contributed by atoms with E-state index in [4.69, 9.17) is 4.74 Å². The van der Waals surface area contributed by atoms with E-state index in [1.54, 1.807) is 14.2 Å². The number of carbonyl (C=O) groups is 2. The van der Waals surface area contributed by atoms with Crippen molar-refractivity contribution in [3.05, 3.63) is 11.9 Å². The lowest BCUT2D eigenvalue weighted by Crippen LogP contribution is -2.61. The minimum Gasteiger partial charge on any atom is -0.385 e. The lowest BCUT2D eigenvalue weighted by Gasteiger charge is -2.30. The largest absolute Gasteiger partial charge is 0.401 e. The molecule has 0 N–H and O–H groups in total. The number of amidine groups is 1. The predicted octanol–water partition coefficient (Wildman–Crippen LogP) is 0.229. The Kier molecular flexibility index (Phi) is 3.48. The number of likely N-dealkylation sites (N-methyl/N-ethyl adjacent to an activating group) is 2.